The van der Waals surface area contributed by atoms with E-state index in [1.54, 1.807) is 9.42 Å². The summed E-state index contributed by atoms with van der Waals surface area (Å²) in [5.74, 6) is 0.382. The fourth-order valence-electron chi connectivity index (χ4n) is 2.82. The molecule has 2 amide bonds. The molecule has 2 aromatic rings. The Labute approximate surface area is 147 Å². The first-order valence-electron chi connectivity index (χ1n) is 8.56. The number of hydrogen-bond donors (Lipinski definition) is 1. The van der Waals surface area contributed by atoms with Gasteiger partial charge in [-0.25, -0.2) is 9.50 Å². The van der Waals surface area contributed by atoms with Crippen LogP contribution in [0.25, 0.3) is 5.78 Å². The molecule has 2 aromatic heterocycles. The molecule has 0 spiro atoms. The van der Waals surface area contributed by atoms with Gasteiger partial charge >= 0.3 is 0 Å². The Kier molecular flexibility index (Phi) is 6.06. The van der Waals surface area contributed by atoms with Gasteiger partial charge in [0.15, 0.2) is 0 Å². The number of fused-ring (bicyclic) bond motifs is 1. The molecule has 8 heteroatoms. The zero-order valence-corrected chi connectivity index (χ0v) is 15.5. The topological polar surface area (TPSA) is 92.5 Å². The first kappa shape index (κ1) is 18.8. The Morgan fingerprint density at radius 3 is 2.68 bits per heavy atom. The number of aromatic nitrogens is 4. The standard InChI is InChI=1S/C17H26N6O2/c1-6-22(9-15(24)20-11(2)3)16(25)8-7-14-12(4)21-17-18-10-19-23(17)13(14)5/h10-11H,6-9H2,1-5H3,(H,20,24). The van der Waals surface area contributed by atoms with Crippen LogP contribution in [-0.4, -0.2) is 55.4 Å². The monoisotopic (exact) mass is 346 g/mol. The lowest BCUT2D eigenvalue weighted by Crippen LogP contribution is -2.42. The molecule has 2 rings (SSSR count). The zero-order chi connectivity index (χ0) is 18.6. The first-order valence-corrected chi connectivity index (χ1v) is 8.56. The summed E-state index contributed by atoms with van der Waals surface area (Å²) in [7, 11) is 0. The molecule has 0 radical (unpaired) electrons. The van der Waals surface area contributed by atoms with Crippen molar-refractivity contribution in [3.63, 3.8) is 0 Å². The van der Waals surface area contributed by atoms with Gasteiger partial charge in [0, 0.05) is 30.4 Å². The lowest BCUT2D eigenvalue weighted by atomic mass is 10.1. The molecule has 0 atom stereocenters. The van der Waals surface area contributed by atoms with Crippen LogP contribution in [0.2, 0.25) is 0 Å². The van der Waals surface area contributed by atoms with Crippen LogP contribution in [0.4, 0.5) is 0 Å². The highest BCUT2D eigenvalue weighted by Gasteiger charge is 2.18. The quantitative estimate of drug-likeness (QED) is 0.809. The van der Waals surface area contributed by atoms with Crippen molar-refractivity contribution in [1.29, 1.82) is 0 Å². The number of hydrogen-bond acceptors (Lipinski definition) is 5. The minimum absolute atomic E-state index is 0.0427. The maximum absolute atomic E-state index is 12.5. The number of carbonyl (C=O) groups excluding carboxylic acids is 2. The molecule has 0 fully saturated rings. The third-order valence-electron chi connectivity index (χ3n) is 4.10. The molecule has 0 saturated carbocycles. The third kappa shape index (κ3) is 4.52. The molecule has 136 valence electrons. The van der Waals surface area contributed by atoms with Gasteiger partial charge in [0.25, 0.3) is 5.78 Å². The molecular weight excluding hydrogens is 320 g/mol. The van der Waals surface area contributed by atoms with Crippen LogP contribution in [0, 0.1) is 13.8 Å². The number of rotatable bonds is 7. The van der Waals surface area contributed by atoms with Crippen LogP contribution in [-0.2, 0) is 16.0 Å². The van der Waals surface area contributed by atoms with E-state index in [-0.39, 0.29) is 24.4 Å². The molecule has 0 aliphatic rings. The van der Waals surface area contributed by atoms with Gasteiger partial charge in [-0.05, 0) is 46.6 Å². The smallest absolute Gasteiger partial charge is 0.252 e. The molecular formula is C17H26N6O2. The molecule has 1 N–H and O–H groups in total. The summed E-state index contributed by atoms with van der Waals surface area (Å²) in [6.45, 7) is 10.1. The maximum atomic E-state index is 12.5. The lowest BCUT2D eigenvalue weighted by Gasteiger charge is -2.21. The van der Waals surface area contributed by atoms with E-state index in [0.717, 1.165) is 17.0 Å². The predicted molar refractivity (Wildman–Crippen MR) is 94.1 cm³/mol. The number of nitrogens with one attached hydrogen (secondary N) is 1. The van der Waals surface area contributed by atoms with Gasteiger partial charge in [-0.2, -0.15) is 10.1 Å². The summed E-state index contributed by atoms with van der Waals surface area (Å²) in [6.07, 6.45) is 2.35. The van der Waals surface area contributed by atoms with E-state index in [1.165, 1.54) is 6.33 Å². The molecule has 8 nitrogen and oxygen atoms in total. The van der Waals surface area contributed by atoms with E-state index >= 15 is 0 Å². The van der Waals surface area contributed by atoms with Crippen LogP contribution < -0.4 is 5.32 Å². The minimum atomic E-state index is -0.136. The lowest BCUT2D eigenvalue weighted by molar-refractivity contribution is -0.136. The summed E-state index contributed by atoms with van der Waals surface area (Å²) < 4.78 is 1.68. The Hall–Kier alpha value is -2.51. The SMILES string of the molecule is CCN(CC(=O)NC(C)C)C(=O)CCc1c(C)nc2ncnn2c1C. The Bertz CT molecular complexity index is 768. The van der Waals surface area contributed by atoms with E-state index in [2.05, 4.69) is 20.4 Å². The van der Waals surface area contributed by atoms with E-state index in [9.17, 15) is 9.59 Å². The van der Waals surface area contributed by atoms with Crippen LogP contribution in [0.3, 0.4) is 0 Å². The van der Waals surface area contributed by atoms with Crippen molar-refractivity contribution >= 4 is 17.6 Å². The van der Waals surface area contributed by atoms with Crippen molar-refractivity contribution in [2.75, 3.05) is 13.1 Å². The third-order valence-corrected chi connectivity index (χ3v) is 4.10. The Balaban J connectivity index is 2.04. The van der Waals surface area contributed by atoms with Crippen LogP contribution in [0.15, 0.2) is 6.33 Å². The van der Waals surface area contributed by atoms with Gasteiger partial charge < -0.3 is 10.2 Å². The van der Waals surface area contributed by atoms with Crippen LogP contribution in [0.5, 0.6) is 0 Å². The normalized spacial score (nSPS) is 11.1. The second-order valence-corrected chi connectivity index (χ2v) is 6.36. The van der Waals surface area contributed by atoms with Gasteiger partial charge in [-0.1, -0.05) is 0 Å². The van der Waals surface area contributed by atoms with Crippen molar-refractivity contribution in [1.82, 2.24) is 29.8 Å². The van der Waals surface area contributed by atoms with E-state index in [1.807, 2.05) is 34.6 Å². The fraction of sp³-hybridized carbons (Fsp3) is 0.588. The Morgan fingerprint density at radius 2 is 2.04 bits per heavy atom. The predicted octanol–water partition coefficient (Wildman–Crippen LogP) is 1.05. The molecule has 25 heavy (non-hydrogen) atoms. The summed E-state index contributed by atoms with van der Waals surface area (Å²) in [6, 6.07) is 0.0621. The molecule has 0 saturated heterocycles. The maximum Gasteiger partial charge on any atom is 0.252 e. The van der Waals surface area contributed by atoms with Gasteiger partial charge in [-0.15, -0.1) is 0 Å². The number of carbonyl (C=O) groups is 2. The van der Waals surface area contributed by atoms with Crippen molar-refractivity contribution in [3.8, 4) is 0 Å². The number of nitrogens with zero attached hydrogens (tertiary/aromatic N) is 5. The highest BCUT2D eigenvalue weighted by atomic mass is 16.2. The van der Waals surface area contributed by atoms with Crippen molar-refractivity contribution in [3.05, 3.63) is 23.3 Å². The van der Waals surface area contributed by atoms with E-state index < -0.39 is 0 Å². The molecule has 0 aromatic carbocycles. The van der Waals surface area contributed by atoms with Gasteiger partial charge in [-0.3, -0.25) is 9.59 Å². The number of aryl methyl sites for hydroxylation is 2. The fourth-order valence-corrected chi connectivity index (χ4v) is 2.82. The van der Waals surface area contributed by atoms with Crippen molar-refractivity contribution in [2.45, 2.75) is 53.5 Å². The summed E-state index contributed by atoms with van der Waals surface area (Å²) in [5, 5.41) is 6.97. The summed E-state index contributed by atoms with van der Waals surface area (Å²) in [5.41, 5.74) is 2.79. The van der Waals surface area contributed by atoms with Crippen LogP contribution in [0.1, 0.15) is 44.1 Å². The van der Waals surface area contributed by atoms with E-state index in [4.69, 9.17) is 0 Å². The van der Waals surface area contributed by atoms with Crippen LogP contribution >= 0.6 is 0 Å². The van der Waals surface area contributed by atoms with Gasteiger partial charge in [0.1, 0.15) is 6.33 Å². The average molecular weight is 346 g/mol. The highest BCUT2D eigenvalue weighted by Crippen LogP contribution is 2.15. The molecule has 0 aliphatic carbocycles. The minimum Gasteiger partial charge on any atom is -0.352 e. The second-order valence-electron chi connectivity index (χ2n) is 6.36. The highest BCUT2D eigenvalue weighted by molar-refractivity contribution is 5.85. The summed E-state index contributed by atoms with van der Waals surface area (Å²) in [4.78, 5) is 34.5. The zero-order valence-electron chi connectivity index (χ0n) is 15.5. The summed E-state index contributed by atoms with van der Waals surface area (Å²) >= 11 is 0. The molecule has 0 aliphatic heterocycles. The van der Waals surface area contributed by atoms with Gasteiger partial charge in [0.2, 0.25) is 11.8 Å². The Morgan fingerprint density at radius 1 is 1.32 bits per heavy atom. The molecule has 0 unspecified atom stereocenters. The number of likely N-dealkylation sites (N-methyl/N-ethyl adjacent to an activating group) is 1. The molecule has 2 heterocycles. The van der Waals surface area contributed by atoms with E-state index in [0.29, 0.717) is 25.2 Å². The van der Waals surface area contributed by atoms with Crippen molar-refractivity contribution < 1.29 is 9.59 Å². The second kappa shape index (κ2) is 8.04. The average Bonchev–Trinajstić information content (AvgIpc) is 2.99. The first-order chi connectivity index (χ1) is 11.8. The number of amides is 2. The molecule has 0 bridgehead atoms. The van der Waals surface area contributed by atoms with Crippen molar-refractivity contribution in [2.24, 2.45) is 0 Å². The largest absolute Gasteiger partial charge is 0.352 e. The van der Waals surface area contributed by atoms with Gasteiger partial charge in [0.05, 0.1) is 6.54 Å².